The molecule has 84 valence electrons. The third-order valence-corrected chi connectivity index (χ3v) is 3.21. The highest BCUT2D eigenvalue weighted by atomic mass is 32.2. The van der Waals surface area contributed by atoms with Crippen LogP contribution in [0, 0.1) is 0 Å². The van der Waals surface area contributed by atoms with E-state index < -0.39 is 10.0 Å². The van der Waals surface area contributed by atoms with Gasteiger partial charge in [-0.25, -0.2) is 13.6 Å². The summed E-state index contributed by atoms with van der Waals surface area (Å²) in [5, 5.41) is 5.05. The van der Waals surface area contributed by atoms with E-state index in [0.717, 1.165) is 24.8 Å². The van der Waals surface area contributed by atoms with Crippen molar-refractivity contribution in [2.24, 2.45) is 5.14 Å². The molecule has 0 spiro atoms. The maximum absolute atomic E-state index is 11.1. The SMILES string of the molecule is CCCCCc1cccc(S(N)(=O)=O)c1. The number of hydrogen-bond donors (Lipinski definition) is 1. The second kappa shape index (κ2) is 5.28. The Labute approximate surface area is 91.4 Å². The highest BCUT2D eigenvalue weighted by Gasteiger charge is 2.07. The first-order valence-corrected chi connectivity index (χ1v) is 6.70. The molecule has 15 heavy (non-hydrogen) atoms. The van der Waals surface area contributed by atoms with Crippen LogP contribution in [-0.4, -0.2) is 8.42 Å². The Morgan fingerprint density at radius 2 is 2.00 bits per heavy atom. The predicted octanol–water partition coefficient (Wildman–Crippen LogP) is 2.07. The van der Waals surface area contributed by atoms with Crippen LogP contribution in [0.3, 0.4) is 0 Å². The fourth-order valence-corrected chi connectivity index (χ4v) is 2.04. The standard InChI is InChI=1S/C11H17NO2S/c1-2-3-4-6-10-7-5-8-11(9-10)15(12,13)14/h5,7-9H,2-4,6H2,1H3,(H2,12,13,14). The molecule has 3 nitrogen and oxygen atoms in total. The molecule has 4 heteroatoms. The van der Waals surface area contributed by atoms with Gasteiger partial charge in [-0.3, -0.25) is 0 Å². The molecule has 0 radical (unpaired) electrons. The summed E-state index contributed by atoms with van der Waals surface area (Å²) < 4.78 is 22.2. The quantitative estimate of drug-likeness (QED) is 0.783. The van der Waals surface area contributed by atoms with Gasteiger partial charge in [-0.05, 0) is 30.5 Å². The first kappa shape index (κ1) is 12.2. The van der Waals surface area contributed by atoms with Gasteiger partial charge in [-0.15, -0.1) is 0 Å². The van der Waals surface area contributed by atoms with Gasteiger partial charge in [0.2, 0.25) is 10.0 Å². The Bertz CT molecular complexity index is 412. The first-order chi connectivity index (χ1) is 7.04. The second-order valence-corrected chi connectivity index (χ2v) is 5.21. The minimum Gasteiger partial charge on any atom is -0.225 e. The third kappa shape index (κ3) is 4.01. The van der Waals surface area contributed by atoms with Crippen LogP contribution in [0.5, 0.6) is 0 Å². The summed E-state index contributed by atoms with van der Waals surface area (Å²) in [5.74, 6) is 0. The van der Waals surface area contributed by atoms with Crippen molar-refractivity contribution in [2.45, 2.75) is 37.5 Å². The van der Waals surface area contributed by atoms with Gasteiger partial charge >= 0.3 is 0 Å². The molecule has 0 aliphatic carbocycles. The fourth-order valence-electron chi connectivity index (χ4n) is 1.46. The molecule has 0 saturated carbocycles. The van der Waals surface area contributed by atoms with Crippen molar-refractivity contribution in [3.63, 3.8) is 0 Å². The molecule has 1 aromatic carbocycles. The Morgan fingerprint density at radius 3 is 2.60 bits per heavy atom. The fraction of sp³-hybridized carbons (Fsp3) is 0.455. The molecule has 0 fully saturated rings. The van der Waals surface area contributed by atoms with Gasteiger partial charge in [0.25, 0.3) is 0 Å². The van der Waals surface area contributed by atoms with Crippen LogP contribution in [-0.2, 0) is 16.4 Å². The topological polar surface area (TPSA) is 60.2 Å². The number of nitrogens with two attached hydrogens (primary N) is 1. The average molecular weight is 227 g/mol. The molecule has 0 atom stereocenters. The van der Waals surface area contributed by atoms with E-state index in [0.29, 0.717) is 0 Å². The molecule has 0 heterocycles. The molecule has 0 bridgehead atoms. The van der Waals surface area contributed by atoms with Crippen molar-refractivity contribution in [1.82, 2.24) is 0 Å². The molecule has 1 rings (SSSR count). The zero-order valence-electron chi connectivity index (χ0n) is 8.94. The Hall–Kier alpha value is -0.870. The van der Waals surface area contributed by atoms with Crippen LogP contribution in [0.1, 0.15) is 31.7 Å². The Kier molecular flexibility index (Phi) is 4.29. The van der Waals surface area contributed by atoms with E-state index in [4.69, 9.17) is 5.14 Å². The lowest BCUT2D eigenvalue weighted by Gasteiger charge is -2.03. The Balaban J connectivity index is 2.75. The smallest absolute Gasteiger partial charge is 0.225 e. The molecule has 0 aromatic heterocycles. The van der Waals surface area contributed by atoms with Crippen molar-refractivity contribution in [3.05, 3.63) is 29.8 Å². The van der Waals surface area contributed by atoms with E-state index in [1.54, 1.807) is 12.1 Å². The van der Waals surface area contributed by atoms with Crippen molar-refractivity contribution in [2.75, 3.05) is 0 Å². The molecule has 0 aliphatic rings. The molecule has 2 N–H and O–H groups in total. The predicted molar refractivity (Wildman–Crippen MR) is 61.0 cm³/mol. The summed E-state index contributed by atoms with van der Waals surface area (Å²) in [7, 11) is -3.56. The maximum atomic E-state index is 11.1. The molecule has 1 aromatic rings. The highest BCUT2D eigenvalue weighted by molar-refractivity contribution is 7.89. The third-order valence-electron chi connectivity index (χ3n) is 2.30. The number of unbranched alkanes of at least 4 members (excludes halogenated alkanes) is 2. The van der Waals surface area contributed by atoms with Gasteiger partial charge in [-0.1, -0.05) is 31.9 Å². The molecule has 0 unspecified atom stereocenters. The van der Waals surface area contributed by atoms with Gasteiger partial charge in [0, 0.05) is 0 Å². The lowest BCUT2D eigenvalue weighted by molar-refractivity contribution is 0.597. The van der Waals surface area contributed by atoms with Crippen LogP contribution in [0.2, 0.25) is 0 Å². The minimum absolute atomic E-state index is 0.205. The van der Waals surface area contributed by atoms with Gasteiger partial charge < -0.3 is 0 Å². The van der Waals surface area contributed by atoms with Crippen LogP contribution in [0.4, 0.5) is 0 Å². The zero-order valence-corrected chi connectivity index (χ0v) is 9.76. The number of rotatable bonds is 5. The van der Waals surface area contributed by atoms with E-state index in [1.807, 2.05) is 6.07 Å². The van der Waals surface area contributed by atoms with Gasteiger partial charge in [0.1, 0.15) is 0 Å². The monoisotopic (exact) mass is 227 g/mol. The second-order valence-electron chi connectivity index (χ2n) is 3.65. The molecular weight excluding hydrogens is 210 g/mol. The summed E-state index contributed by atoms with van der Waals surface area (Å²) in [6.07, 6.45) is 4.33. The van der Waals surface area contributed by atoms with Gasteiger partial charge in [0.05, 0.1) is 4.90 Å². The van der Waals surface area contributed by atoms with E-state index in [1.165, 1.54) is 12.5 Å². The average Bonchev–Trinajstić information content (AvgIpc) is 2.17. The van der Waals surface area contributed by atoms with E-state index in [9.17, 15) is 8.42 Å². The van der Waals surface area contributed by atoms with E-state index in [-0.39, 0.29) is 4.90 Å². The van der Waals surface area contributed by atoms with Crippen LogP contribution >= 0.6 is 0 Å². The van der Waals surface area contributed by atoms with Gasteiger partial charge in [0.15, 0.2) is 0 Å². The van der Waals surface area contributed by atoms with Crippen LogP contribution in [0.25, 0.3) is 0 Å². The van der Waals surface area contributed by atoms with E-state index in [2.05, 4.69) is 6.92 Å². The molecular formula is C11H17NO2S. The maximum Gasteiger partial charge on any atom is 0.238 e. The number of aryl methyl sites for hydroxylation is 1. The lowest BCUT2D eigenvalue weighted by Crippen LogP contribution is -2.12. The number of benzene rings is 1. The summed E-state index contributed by atoms with van der Waals surface area (Å²) in [4.78, 5) is 0.205. The van der Waals surface area contributed by atoms with Crippen molar-refractivity contribution in [3.8, 4) is 0 Å². The van der Waals surface area contributed by atoms with E-state index >= 15 is 0 Å². The normalized spacial score (nSPS) is 11.6. The van der Waals surface area contributed by atoms with Gasteiger partial charge in [-0.2, -0.15) is 0 Å². The summed E-state index contributed by atoms with van der Waals surface area (Å²) in [6.45, 7) is 2.14. The number of hydrogen-bond acceptors (Lipinski definition) is 2. The highest BCUT2D eigenvalue weighted by Crippen LogP contribution is 2.12. The molecule has 0 aliphatic heterocycles. The largest absolute Gasteiger partial charge is 0.238 e. The first-order valence-electron chi connectivity index (χ1n) is 5.16. The summed E-state index contributed by atoms with van der Waals surface area (Å²) in [5.41, 5.74) is 1.04. The minimum atomic E-state index is -3.56. The van der Waals surface area contributed by atoms with Crippen molar-refractivity contribution < 1.29 is 8.42 Å². The van der Waals surface area contributed by atoms with Crippen molar-refractivity contribution in [1.29, 1.82) is 0 Å². The zero-order chi connectivity index (χ0) is 11.3. The van der Waals surface area contributed by atoms with Crippen LogP contribution < -0.4 is 5.14 Å². The lowest BCUT2D eigenvalue weighted by atomic mass is 10.1. The van der Waals surface area contributed by atoms with Crippen LogP contribution in [0.15, 0.2) is 29.2 Å². The number of sulfonamides is 1. The molecule has 0 saturated heterocycles. The Morgan fingerprint density at radius 1 is 1.27 bits per heavy atom. The summed E-state index contributed by atoms with van der Waals surface area (Å²) in [6, 6.07) is 6.86. The summed E-state index contributed by atoms with van der Waals surface area (Å²) >= 11 is 0. The molecule has 0 amide bonds. The van der Waals surface area contributed by atoms with Crippen molar-refractivity contribution >= 4 is 10.0 Å². The number of primary sulfonamides is 1.